The summed E-state index contributed by atoms with van der Waals surface area (Å²) < 4.78 is 7.44. The van der Waals surface area contributed by atoms with E-state index in [0.717, 1.165) is 9.18 Å². The number of benzene rings is 2. The van der Waals surface area contributed by atoms with Crippen LogP contribution in [0.5, 0.6) is 0 Å². The summed E-state index contributed by atoms with van der Waals surface area (Å²) in [5.74, 6) is -0.257. The van der Waals surface area contributed by atoms with Crippen LogP contribution in [0, 0.1) is 0 Å². The molecule has 102 valence electrons. The van der Waals surface area contributed by atoms with E-state index in [1.54, 1.807) is 6.08 Å². The fourth-order valence-electron chi connectivity index (χ4n) is 1.68. The van der Waals surface area contributed by atoms with Crippen LogP contribution in [0.1, 0.15) is 12.5 Å². The Kier molecular flexibility index (Phi) is 5.86. The summed E-state index contributed by atoms with van der Waals surface area (Å²) >= 11 is -0.605. The number of hydrogen-bond acceptors (Lipinski definition) is 2. The number of esters is 1. The molecule has 2 rings (SSSR count). The van der Waals surface area contributed by atoms with Crippen molar-refractivity contribution in [1.82, 2.24) is 0 Å². The van der Waals surface area contributed by atoms with E-state index in [0.29, 0.717) is 6.61 Å². The van der Waals surface area contributed by atoms with Crippen LogP contribution in [-0.2, 0) is 9.53 Å². The topological polar surface area (TPSA) is 26.3 Å². The van der Waals surface area contributed by atoms with Crippen LogP contribution in [-0.4, -0.2) is 33.5 Å². The van der Waals surface area contributed by atoms with E-state index in [1.165, 1.54) is 3.61 Å². The van der Waals surface area contributed by atoms with Crippen LogP contribution in [0.4, 0.5) is 0 Å². The molecule has 20 heavy (non-hydrogen) atoms. The Hall–Kier alpha value is -1.56. The van der Waals surface area contributed by atoms with Gasteiger partial charge in [0.05, 0.1) is 0 Å². The monoisotopic (exact) mass is 382 g/mol. The van der Waals surface area contributed by atoms with Crippen LogP contribution < -0.4 is 3.61 Å². The Balaban J connectivity index is 2.27. The zero-order chi connectivity index (χ0) is 14.2. The van der Waals surface area contributed by atoms with Crippen LogP contribution in [0.15, 0.2) is 66.7 Å². The molecule has 0 saturated carbocycles. The van der Waals surface area contributed by atoms with Gasteiger partial charge >= 0.3 is 129 Å². The van der Waals surface area contributed by atoms with Crippen LogP contribution in [0.25, 0.3) is 3.62 Å². The molecular formula is C17H16O2Te. The number of rotatable bonds is 5. The first-order chi connectivity index (χ1) is 9.79. The van der Waals surface area contributed by atoms with Crippen LogP contribution in [0.3, 0.4) is 0 Å². The van der Waals surface area contributed by atoms with Gasteiger partial charge in [-0.2, -0.15) is 0 Å². The average Bonchev–Trinajstić information content (AvgIpc) is 2.49. The second-order valence-electron chi connectivity index (χ2n) is 4.04. The molecule has 2 aromatic rings. The first kappa shape index (κ1) is 14.8. The van der Waals surface area contributed by atoms with Crippen molar-refractivity contribution in [2.45, 2.75) is 6.92 Å². The van der Waals surface area contributed by atoms with Gasteiger partial charge in [0.25, 0.3) is 0 Å². The quantitative estimate of drug-likeness (QED) is 0.453. The number of carbonyl (C=O) groups excluding carboxylic acids is 1. The van der Waals surface area contributed by atoms with E-state index in [9.17, 15) is 4.79 Å². The Morgan fingerprint density at radius 2 is 1.65 bits per heavy atom. The maximum atomic E-state index is 11.7. The molecule has 0 aromatic heterocycles. The third-order valence-electron chi connectivity index (χ3n) is 2.56. The molecule has 0 spiro atoms. The fraction of sp³-hybridized carbons (Fsp3) is 0.118. The van der Waals surface area contributed by atoms with E-state index in [4.69, 9.17) is 4.74 Å². The van der Waals surface area contributed by atoms with Crippen molar-refractivity contribution in [1.29, 1.82) is 0 Å². The molecule has 0 heterocycles. The van der Waals surface area contributed by atoms with Crippen molar-refractivity contribution in [3.63, 3.8) is 0 Å². The van der Waals surface area contributed by atoms with Crippen molar-refractivity contribution < 1.29 is 9.53 Å². The third kappa shape index (κ3) is 4.52. The summed E-state index contributed by atoms with van der Waals surface area (Å²) in [4.78, 5) is 11.7. The van der Waals surface area contributed by atoms with Crippen LogP contribution in [0.2, 0.25) is 0 Å². The summed E-state index contributed by atoms with van der Waals surface area (Å²) in [6, 6.07) is 20.4. The fourth-order valence-corrected chi connectivity index (χ4v) is 4.41. The zero-order valence-electron chi connectivity index (χ0n) is 11.3. The van der Waals surface area contributed by atoms with Gasteiger partial charge in [0, 0.05) is 0 Å². The summed E-state index contributed by atoms with van der Waals surface area (Å²) in [6.45, 7) is 2.23. The second-order valence-corrected chi connectivity index (χ2v) is 7.23. The molecule has 0 saturated heterocycles. The summed E-state index contributed by atoms with van der Waals surface area (Å²) in [5.41, 5.74) is 1.10. The first-order valence-electron chi connectivity index (χ1n) is 6.46. The first-order valence-corrected chi connectivity index (χ1v) is 8.79. The molecular weight excluding hydrogens is 364 g/mol. The van der Waals surface area contributed by atoms with E-state index < -0.39 is 20.9 Å². The molecule has 2 aromatic carbocycles. The molecule has 3 heteroatoms. The van der Waals surface area contributed by atoms with E-state index in [-0.39, 0.29) is 5.97 Å². The third-order valence-corrected chi connectivity index (χ3v) is 5.65. The number of ether oxygens (including phenoxy) is 1. The van der Waals surface area contributed by atoms with Crippen LogP contribution >= 0.6 is 0 Å². The molecule has 0 atom stereocenters. The molecule has 0 aliphatic heterocycles. The van der Waals surface area contributed by atoms with Gasteiger partial charge in [-0.1, -0.05) is 0 Å². The summed E-state index contributed by atoms with van der Waals surface area (Å²) in [7, 11) is 0. The molecule has 0 radical (unpaired) electrons. The molecule has 0 N–H and O–H groups in total. The SMILES string of the molecule is CCOC(=O)/C=C(/[Te]c1ccccc1)c1ccccc1. The van der Waals surface area contributed by atoms with Crippen molar-refractivity contribution in [2.24, 2.45) is 0 Å². The molecule has 0 bridgehead atoms. The number of hydrogen-bond donors (Lipinski definition) is 0. The minimum absolute atomic E-state index is 0.257. The van der Waals surface area contributed by atoms with Gasteiger partial charge < -0.3 is 0 Å². The van der Waals surface area contributed by atoms with Crippen molar-refractivity contribution in [3.05, 3.63) is 72.3 Å². The molecule has 2 nitrogen and oxygen atoms in total. The average molecular weight is 380 g/mol. The Morgan fingerprint density at radius 1 is 1.05 bits per heavy atom. The standard InChI is InChI=1S/C17H16O2Te/c1-2-19-17(18)13-16(14-9-5-3-6-10-14)20-15-11-7-4-8-12-15/h3-13H,2H2,1H3/b16-13+. The normalized spacial score (nSPS) is 11.2. The molecule has 0 aliphatic rings. The number of carbonyl (C=O) groups is 1. The maximum absolute atomic E-state index is 11.7. The molecule has 0 aliphatic carbocycles. The van der Waals surface area contributed by atoms with E-state index in [1.807, 2.05) is 55.5 Å². The van der Waals surface area contributed by atoms with Crippen molar-refractivity contribution in [2.75, 3.05) is 6.61 Å². The van der Waals surface area contributed by atoms with Gasteiger partial charge in [0.15, 0.2) is 0 Å². The predicted molar refractivity (Wildman–Crippen MR) is 82.9 cm³/mol. The predicted octanol–water partition coefficient (Wildman–Crippen LogP) is 2.62. The van der Waals surface area contributed by atoms with E-state index in [2.05, 4.69) is 12.1 Å². The minimum atomic E-state index is -0.605. The Labute approximate surface area is 129 Å². The Morgan fingerprint density at radius 3 is 2.25 bits per heavy atom. The van der Waals surface area contributed by atoms with Crippen molar-refractivity contribution in [3.8, 4) is 0 Å². The molecule has 0 fully saturated rings. The van der Waals surface area contributed by atoms with Gasteiger partial charge in [-0.15, -0.1) is 0 Å². The molecule has 0 amide bonds. The second kappa shape index (κ2) is 7.89. The van der Waals surface area contributed by atoms with Gasteiger partial charge in [-0.05, 0) is 0 Å². The Bertz CT molecular complexity index is 576. The zero-order valence-corrected chi connectivity index (χ0v) is 13.6. The van der Waals surface area contributed by atoms with Gasteiger partial charge in [0.1, 0.15) is 0 Å². The molecule has 0 unspecified atom stereocenters. The summed E-state index contributed by atoms with van der Waals surface area (Å²) in [5, 5.41) is 0. The van der Waals surface area contributed by atoms with Gasteiger partial charge in [-0.25, -0.2) is 0 Å². The van der Waals surface area contributed by atoms with Crippen molar-refractivity contribution >= 4 is 34.1 Å². The van der Waals surface area contributed by atoms with E-state index >= 15 is 0 Å². The van der Waals surface area contributed by atoms with Gasteiger partial charge in [-0.3, -0.25) is 0 Å². The summed E-state index contributed by atoms with van der Waals surface area (Å²) in [6.07, 6.45) is 1.65. The van der Waals surface area contributed by atoms with Gasteiger partial charge in [0.2, 0.25) is 0 Å².